The average molecular weight is 224 g/mol. The van der Waals surface area contributed by atoms with E-state index in [-0.39, 0.29) is 17.7 Å². The van der Waals surface area contributed by atoms with Crippen LogP contribution in [0.5, 0.6) is 0 Å². The fourth-order valence-electron chi connectivity index (χ4n) is 2.19. The number of aryl methyl sites for hydroxylation is 1. The molecule has 1 aliphatic rings. The van der Waals surface area contributed by atoms with Crippen molar-refractivity contribution in [2.75, 3.05) is 0 Å². The summed E-state index contributed by atoms with van der Waals surface area (Å²) in [7, 11) is 0. The number of nitrogens with two attached hydrogens (primary N) is 1. The van der Waals surface area contributed by atoms with Crippen molar-refractivity contribution < 1.29 is 4.79 Å². The topological polar surface area (TPSA) is 56.0 Å². The molecule has 1 fully saturated rings. The standard InChI is InChI=1S/C11H16N2OS/c1-7-13-8(6-15-7)5-11(14)9-3-2-4-10(9)12/h6,9-10H,2-5,12H2,1H3. The van der Waals surface area contributed by atoms with Gasteiger partial charge in [-0.3, -0.25) is 4.79 Å². The van der Waals surface area contributed by atoms with Gasteiger partial charge in [-0.2, -0.15) is 0 Å². The van der Waals surface area contributed by atoms with Crippen LogP contribution in [0.2, 0.25) is 0 Å². The van der Waals surface area contributed by atoms with E-state index in [2.05, 4.69) is 4.98 Å². The number of carbonyl (C=O) groups is 1. The number of hydrogen-bond acceptors (Lipinski definition) is 4. The Balaban J connectivity index is 1.97. The lowest BCUT2D eigenvalue weighted by Crippen LogP contribution is -2.31. The number of nitrogens with zero attached hydrogens (tertiary/aromatic N) is 1. The van der Waals surface area contributed by atoms with Crippen LogP contribution >= 0.6 is 11.3 Å². The largest absolute Gasteiger partial charge is 0.327 e. The Hall–Kier alpha value is -0.740. The minimum absolute atomic E-state index is 0.0759. The molecule has 0 spiro atoms. The molecule has 2 atom stereocenters. The number of carbonyl (C=O) groups excluding carboxylic acids is 1. The Morgan fingerprint density at radius 2 is 2.47 bits per heavy atom. The molecule has 0 amide bonds. The highest BCUT2D eigenvalue weighted by Gasteiger charge is 2.30. The van der Waals surface area contributed by atoms with E-state index in [1.807, 2.05) is 12.3 Å². The van der Waals surface area contributed by atoms with Crippen LogP contribution in [0.3, 0.4) is 0 Å². The summed E-state index contributed by atoms with van der Waals surface area (Å²) in [5, 5.41) is 2.99. The minimum atomic E-state index is 0.0759. The number of hydrogen-bond donors (Lipinski definition) is 1. The smallest absolute Gasteiger partial charge is 0.143 e. The highest BCUT2D eigenvalue weighted by molar-refractivity contribution is 7.09. The van der Waals surface area contributed by atoms with Gasteiger partial charge in [0.15, 0.2) is 0 Å². The van der Waals surface area contributed by atoms with Crippen LogP contribution in [0.25, 0.3) is 0 Å². The first-order valence-electron chi connectivity index (χ1n) is 5.36. The molecule has 3 nitrogen and oxygen atoms in total. The summed E-state index contributed by atoms with van der Waals surface area (Å²) >= 11 is 1.60. The van der Waals surface area contributed by atoms with Crippen molar-refractivity contribution in [3.8, 4) is 0 Å². The van der Waals surface area contributed by atoms with Gasteiger partial charge in [0.25, 0.3) is 0 Å². The first-order valence-corrected chi connectivity index (χ1v) is 6.24. The third-order valence-electron chi connectivity index (χ3n) is 3.00. The summed E-state index contributed by atoms with van der Waals surface area (Å²) in [6.45, 7) is 1.96. The molecular formula is C11H16N2OS. The molecule has 2 unspecified atom stereocenters. The van der Waals surface area contributed by atoms with Gasteiger partial charge in [-0.1, -0.05) is 6.42 Å². The molecule has 1 heterocycles. The molecule has 0 aromatic carbocycles. The number of aromatic nitrogens is 1. The van der Waals surface area contributed by atoms with E-state index >= 15 is 0 Å². The van der Waals surface area contributed by atoms with Crippen LogP contribution in [0.4, 0.5) is 0 Å². The highest BCUT2D eigenvalue weighted by Crippen LogP contribution is 2.26. The number of rotatable bonds is 3. The van der Waals surface area contributed by atoms with E-state index < -0.39 is 0 Å². The van der Waals surface area contributed by atoms with Gasteiger partial charge >= 0.3 is 0 Å². The molecule has 0 saturated heterocycles. The van der Waals surface area contributed by atoms with Crippen molar-refractivity contribution in [3.63, 3.8) is 0 Å². The van der Waals surface area contributed by atoms with Gasteiger partial charge in [-0.15, -0.1) is 11.3 Å². The van der Waals surface area contributed by atoms with Crippen LogP contribution in [0, 0.1) is 12.8 Å². The van der Waals surface area contributed by atoms with Gasteiger partial charge in [0.05, 0.1) is 10.7 Å². The molecule has 4 heteroatoms. The van der Waals surface area contributed by atoms with Crippen molar-refractivity contribution in [3.05, 3.63) is 16.1 Å². The fourth-order valence-corrected chi connectivity index (χ4v) is 2.80. The number of Topliss-reactive ketones (excluding diaryl/α,β-unsaturated/α-hetero) is 1. The molecule has 0 aliphatic heterocycles. The van der Waals surface area contributed by atoms with Crippen molar-refractivity contribution in [1.82, 2.24) is 4.98 Å². The monoisotopic (exact) mass is 224 g/mol. The lowest BCUT2D eigenvalue weighted by Gasteiger charge is -2.12. The second-order valence-electron chi connectivity index (χ2n) is 4.20. The van der Waals surface area contributed by atoms with Gasteiger partial charge in [0.2, 0.25) is 0 Å². The van der Waals surface area contributed by atoms with E-state index in [4.69, 9.17) is 5.73 Å². The van der Waals surface area contributed by atoms with Crippen LogP contribution in [-0.2, 0) is 11.2 Å². The average Bonchev–Trinajstić information content (AvgIpc) is 2.75. The van der Waals surface area contributed by atoms with Gasteiger partial charge in [0.1, 0.15) is 5.78 Å². The SMILES string of the molecule is Cc1nc(CC(=O)C2CCCC2N)cs1. The quantitative estimate of drug-likeness (QED) is 0.850. The van der Waals surface area contributed by atoms with Crippen molar-refractivity contribution >= 4 is 17.1 Å². The predicted molar refractivity (Wildman–Crippen MR) is 60.9 cm³/mol. The molecule has 2 N–H and O–H groups in total. The summed E-state index contributed by atoms with van der Waals surface area (Å²) in [5.74, 6) is 0.345. The molecule has 15 heavy (non-hydrogen) atoms. The Kier molecular flexibility index (Phi) is 3.17. The zero-order chi connectivity index (χ0) is 10.8. The highest BCUT2D eigenvalue weighted by atomic mass is 32.1. The minimum Gasteiger partial charge on any atom is -0.327 e. The van der Waals surface area contributed by atoms with Crippen molar-refractivity contribution in [2.45, 2.75) is 38.6 Å². The fraction of sp³-hybridized carbons (Fsp3) is 0.636. The van der Waals surface area contributed by atoms with E-state index in [0.29, 0.717) is 6.42 Å². The lowest BCUT2D eigenvalue weighted by atomic mass is 9.96. The normalized spacial score (nSPS) is 25.7. The number of thiazole rings is 1. The van der Waals surface area contributed by atoms with Crippen LogP contribution in [0.1, 0.15) is 30.0 Å². The Bertz CT molecular complexity index is 361. The summed E-state index contributed by atoms with van der Waals surface area (Å²) in [6.07, 6.45) is 3.51. The predicted octanol–water partition coefficient (Wildman–Crippen LogP) is 1.69. The third kappa shape index (κ3) is 2.44. The van der Waals surface area contributed by atoms with E-state index in [1.54, 1.807) is 11.3 Å². The summed E-state index contributed by atoms with van der Waals surface area (Å²) in [5.41, 5.74) is 6.80. The molecule has 1 aliphatic carbocycles. The lowest BCUT2D eigenvalue weighted by molar-refractivity contribution is -0.122. The second kappa shape index (κ2) is 4.41. The van der Waals surface area contributed by atoms with E-state index in [9.17, 15) is 4.79 Å². The first kappa shape index (κ1) is 10.8. The van der Waals surface area contributed by atoms with Gasteiger partial charge in [-0.25, -0.2) is 4.98 Å². The van der Waals surface area contributed by atoms with E-state index in [0.717, 1.165) is 30.0 Å². The Morgan fingerprint density at radius 3 is 3.00 bits per heavy atom. The van der Waals surface area contributed by atoms with Gasteiger partial charge in [-0.05, 0) is 19.8 Å². The van der Waals surface area contributed by atoms with Gasteiger partial charge < -0.3 is 5.73 Å². The maximum atomic E-state index is 11.9. The van der Waals surface area contributed by atoms with Crippen LogP contribution < -0.4 is 5.73 Å². The molecule has 1 aromatic heterocycles. The maximum Gasteiger partial charge on any atom is 0.143 e. The van der Waals surface area contributed by atoms with Gasteiger partial charge in [0, 0.05) is 23.8 Å². The zero-order valence-corrected chi connectivity index (χ0v) is 9.72. The zero-order valence-electron chi connectivity index (χ0n) is 8.90. The molecule has 1 saturated carbocycles. The molecule has 2 rings (SSSR count). The number of ketones is 1. The third-order valence-corrected chi connectivity index (χ3v) is 3.83. The molecule has 82 valence electrons. The molecular weight excluding hydrogens is 208 g/mol. The first-order chi connectivity index (χ1) is 7.16. The summed E-state index contributed by atoms with van der Waals surface area (Å²) in [6, 6.07) is 0.0808. The summed E-state index contributed by atoms with van der Waals surface area (Å²) in [4.78, 5) is 16.2. The van der Waals surface area contributed by atoms with Crippen molar-refractivity contribution in [1.29, 1.82) is 0 Å². The van der Waals surface area contributed by atoms with Crippen LogP contribution in [0.15, 0.2) is 5.38 Å². The Morgan fingerprint density at radius 1 is 1.67 bits per heavy atom. The molecule has 0 bridgehead atoms. The van der Waals surface area contributed by atoms with Crippen molar-refractivity contribution in [2.24, 2.45) is 11.7 Å². The van der Waals surface area contributed by atoms with Crippen LogP contribution in [-0.4, -0.2) is 16.8 Å². The molecule has 0 radical (unpaired) electrons. The molecule has 1 aromatic rings. The second-order valence-corrected chi connectivity index (χ2v) is 5.26. The maximum absolute atomic E-state index is 11.9. The Labute approximate surface area is 93.7 Å². The summed E-state index contributed by atoms with van der Waals surface area (Å²) < 4.78 is 0. The van der Waals surface area contributed by atoms with E-state index in [1.165, 1.54) is 0 Å².